The second-order valence-electron chi connectivity index (χ2n) is 7.27. The van der Waals surface area contributed by atoms with Gasteiger partial charge in [-0.15, -0.1) is 0 Å². The minimum absolute atomic E-state index is 0. The summed E-state index contributed by atoms with van der Waals surface area (Å²) in [6.45, 7) is 2.02. The van der Waals surface area contributed by atoms with Crippen molar-refractivity contribution in [3.05, 3.63) is 59.0 Å². The predicted octanol–water partition coefficient (Wildman–Crippen LogP) is 3.48. The lowest BCUT2D eigenvalue weighted by atomic mass is 10.1. The number of anilines is 2. The van der Waals surface area contributed by atoms with Crippen LogP contribution in [0.1, 0.15) is 40.1 Å². The van der Waals surface area contributed by atoms with Gasteiger partial charge >= 0.3 is 6.18 Å². The van der Waals surface area contributed by atoms with Crippen LogP contribution >= 0.6 is 13.5 Å². The van der Waals surface area contributed by atoms with Crippen LogP contribution in [0.3, 0.4) is 0 Å². The van der Waals surface area contributed by atoms with Crippen LogP contribution in [0.15, 0.2) is 36.7 Å². The molecule has 0 spiro atoms. The highest BCUT2D eigenvalue weighted by atomic mass is 32.1. The quantitative estimate of drug-likeness (QED) is 0.566. The first-order valence-corrected chi connectivity index (χ1v) is 9.90. The van der Waals surface area contributed by atoms with Crippen LogP contribution in [-0.2, 0) is 6.18 Å². The first kappa shape index (κ1) is 24.9. The number of hydrogen-bond donors (Lipinski definition) is 1. The predicted molar refractivity (Wildman–Crippen MR) is 125 cm³/mol. The summed E-state index contributed by atoms with van der Waals surface area (Å²) in [5.41, 5.74) is 0.270. The molecule has 3 aromatic rings. The van der Waals surface area contributed by atoms with Gasteiger partial charge in [-0.05, 0) is 31.2 Å². The molecule has 4 rings (SSSR count). The molecule has 34 heavy (non-hydrogen) atoms. The third-order valence-electron chi connectivity index (χ3n) is 5.09. The Kier molecular flexibility index (Phi) is 7.07. The van der Waals surface area contributed by atoms with E-state index in [1.165, 1.54) is 11.1 Å². The third kappa shape index (κ3) is 4.65. The number of aromatic nitrogens is 4. The number of nitrogens with one attached hydrogen (secondary N) is 1. The lowest BCUT2D eigenvalue weighted by molar-refractivity contribution is -0.139. The Morgan fingerprint density at radius 2 is 1.94 bits per heavy atom. The molecular weight excluding hydrogens is 469 g/mol. The molecule has 4 heterocycles. The Balaban J connectivity index is 0.00000324. The van der Waals surface area contributed by atoms with Gasteiger partial charge in [0.2, 0.25) is 5.88 Å². The zero-order valence-corrected chi connectivity index (χ0v) is 19.4. The maximum absolute atomic E-state index is 13.3. The van der Waals surface area contributed by atoms with Gasteiger partial charge < -0.3 is 10.1 Å². The second kappa shape index (κ2) is 9.64. The van der Waals surface area contributed by atoms with Crippen molar-refractivity contribution in [2.24, 2.45) is 0 Å². The summed E-state index contributed by atoms with van der Waals surface area (Å²) in [6, 6.07) is 5.32. The van der Waals surface area contributed by atoms with Crippen molar-refractivity contribution in [2.75, 3.05) is 30.9 Å². The van der Waals surface area contributed by atoms with E-state index in [4.69, 9.17) is 4.74 Å². The largest absolute Gasteiger partial charge is 0.481 e. The van der Waals surface area contributed by atoms with Gasteiger partial charge in [-0.3, -0.25) is 14.4 Å². The number of methoxy groups -OCH3 is 1. The van der Waals surface area contributed by atoms with Crippen molar-refractivity contribution in [1.29, 1.82) is 0 Å². The minimum atomic E-state index is -4.63. The number of amides is 1. The molecule has 3 aromatic heterocycles. The number of halogens is 3. The lowest BCUT2D eigenvalue weighted by Gasteiger charge is -2.31. The fourth-order valence-electron chi connectivity index (χ4n) is 3.46. The minimum Gasteiger partial charge on any atom is -0.481 e. The molecule has 0 saturated heterocycles. The average molecular weight is 491 g/mol. The van der Waals surface area contributed by atoms with Crippen LogP contribution in [0.5, 0.6) is 5.88 Å². The maximum atomic E-state index is 13.3. The van der Waals surface area contributed by atoms with E-state index >= 15 is 0 Å². The summed E-state index contributed by atoms with van der Waals surface area (Å²) in [7, 11) is 2.86. The topological polar surface area (TPSA) is 85.2 Å². The van der Waals surface area contributed by atoms with Crippen LogP contribution in [0.2, 0.25) is 0 Å². The molecule has 1 aliphatic heterocycles. The molecule has 0 bridgehead atoms. The van der Waals surface area contributed by atoms with Crippen LogP contribution in [-0.4, -0.2) is 46.4 Å². The van der Waals surface area contributed by atoms with Crippen LogP contribution in [0.25, 0.3) is 0 Å². The number of fused-ring (bicyclic) bond motifs is 1. The van der Waals surface area contributed by atoms with Gasteiger partial charge in [0.15, 0.2) is 0 Å². The molecule has 0 aromatic carbocycles. The van der Waals surface area contributed by atoms with Gasteiger partial charge in [0.1, 0.15) is 22.9 Å². The van der Waals surface area contributed by atoms with Crippen molar-refractivity contribution in [1.82, 2.24) is 19.7 Å². The Bertz CT molecular complexity index is 1260. The van der Waals surface area contributed by atoms with Crippen LogP contribution in [0.4, 0.5) is 24.8 Å². The summed E-state index contributed by atoms with van der Waals surface area (Å²) in [5.74, 6) is 5.58. The number of rotatable bonds is 3. The van der Waals surface area contributed by atoms with E-state index in [1.54, 1.807) is 30.1 Å². The van der Waals surface area contributed by atoms with Crippen molar-refractivity contribution < 1.29 is 22.7 Å². The number of alkyl halides is 3. The normalized spacial score (nSPS) is 15.1. The van der Waals surface area contributed by atoms with E-state index in [0.717, 1.165) is 19.2 Å². The molecule has 1 atom stereocenters. The number of carbonyl (C=O) groups is 1. The molecule has 8 nitrogen and oxygen atoms in total. The molecule has 1 N–H and O–H groups in total. The van der Waals surface area contributed by atoms with Crippen molar-refractivity contribution >= 4 is 31.0 Å². The van der Waals surface area contributed by atoms with E-state index < -0.39 is 23.5 Å². The van der Waals surface area contributed by atoms with E-state index in [1.807, 2.05) is 6.92 Å². The number of pyridine rings is 2. The Labute approximate surface area is 200 Å². The number of ether oxygens (including phenoxy) is 1. The smallest absolute Gasteiger partial charge is 0.421 e. The number of nitrogens with zero attached hydrogens (tertiary/aromatic N) is 5. The molecular formula is C22H21F3N6O2S. The van der Waals surface area contributed by atoms with E-state index in [2.05, 4.69) is 32.2 Å². The third-order valence-corrected chi connectivity index (χ3v) is 5.09. The Morgan fingerprint density at radius 1 is 1.18 bits per heavy atom. The standard InChI is InChI=1S/C22H19F3N6O2.H2S/c1-13-12-30(18-9-7-16(22(23,24)25)20(29-18)33-3)21(32)19-15(11-28-31(13)19)6-4-14-5-8-17(26-2)27-10-14;/h5,7-11,13H,12H2,1-3H3,(H,26,27);1H2/t13-;/m0./s1. The Morgan fingerprint density at radius 3 is 2.56 bits per heavy atom. The van der Waals surface area contributed by atoms with Gasteiger partial charge in [-0.25, -0.2) is 4.98 Å². The molecule has 178 valence electrons. The molecule has 0 radical (unpaired) electrons. The fraction of sp³-hybridized carbons (Fsp3) is 0.273. The van der Waals surface area contributed by atoms with Crippen molar-refractivity contribution in [2.45, 2.75) is 19.1 Å². The van der Waals surface area contributed by atoms with E-state index in [9.17, 15) is 18.0 Å². The van der Waals surface area contributed by atoms with Crippen molar-refractivity contribution in [3.63, 3.8) is 0 Å². The zero-order valence-electron chi connectivity index (χ0n) is 18.4. The van der Waals surface area contributed by atoms with Gasteiger partial charge in [-0.2, -0.15) is 36.7 Å². The van der Waals surface area contributed by atoms with Gasteiger partial charge in [-0.1, -0.05) is 11.8 Å². The van der Waals surface area contributed by atoms with Gasteiger partial charge in [0, 0.05) is 25.4 Å². The highest BCUT2D eigenvalue weighted by molar-refractivity contribution is 7.59. The van der Waals surface area contributed by atoms with Crippen LogP contribution in [0, 0.1) is 11.8 Å². The number of hydrogen-bond acceptors (Lipinski definition) is 6. The Hall–Kier alpha value is -3.72. The summed E-state index contributed by atoms with van der Waals surface area (Å²) >= 11 is 0. The summed E-state index contributed by atoms with van der Waals surface area (Å²) < 4.78 is 46.0. The molecule has 1 aliphatic rings. The van der Waals surface area contributed by atoms with Crippen LogP contribution < -0.4 is 15.0 Å². The average Bonchev–Trinajstić information content (AvgIpc) is 3.24. The zero-order chi connectivity index (χ0) is 23.8. The molecule has 12 heteroatoms. The molecule has 0 aliphatic carbocycles. The molecule has 1 amide bonds. The monoisotopic (exact) mass is 490 g/mol. The van der Waals surface area contributed by atoms with E-state index in [0.29, 0.717) is 16.9 Å². The summed E-state index contributed by atoms with van der Waals surface area (Å²) in [5, 5.41) is 7.20. The highest BCUT2D eigenvalue weighted by Gasteiger charge is 2.38. The molecule has 0 fully saturated rings. The first-order chi connectivity index (χ1) is 15.7. The summed E-state index contributed by atoms with van der Waals surface area (Å²) in [6.07, 6.45) is -1.53. The highest BCUT2D eigenvalue weighted by Crippen LogP contribution is 2.37. The van der Waals surface area contributed by atoms with Gasteiger partial charge in [0.05, 0.1) is 24.9 Å². The molecule has 0 saturated carbocycles. The fourth-order valence-corrected chi connectivity index (χ4v) is 3.46. The summed E-state index contributed by atoms with van der Waals surface area (Å²) in [4.78, 5) is 22.7. The SMILES string of the molecule is CNc1ccc(C#Cc2cnn3c2C(=O)N(c2ccc(C(F)(F)F)c(OC)n2)C[C@@H]3C)cn1.S. The number of carbonyl (C=O) groups excluding carboxylic acids is 1. The second-order valence-corrected chi connectivity index (χ2v) is 7.27. The van der Waals surface area contributed by atoms with Crippen molar-refractivity contribution in [3.8, 4) is 17.7 Å². The lowest BCUT2D eigenvalue weighted by Crippen LogP contribution is -2.43. The molecule has 0 unspecified atom stereocenters. The maximum Gasteiger partial charge on any atom is 0.421 e. The van der Waals surface area contributed by atoms with Gasteiger partial charge in [0.25, 0.3) is 5.91 Å². The first-order valence-electron chi connectivity index (χ1n) is 9.90. The van der Waals surface area contributed by atoms with E-state index in [-0.39, 0.29) is 37.6 Å².